The number of rotatable bonds is 3. The van der Waals surface area contributed by atoms with Gasteiger partial charge in [0.2, 0.25) is 0 Å². The predicted molar refractivity (Wildman–Crippen MR) is 67.8 cm³/mol. The molecule has 3 fully saturated rings. The van der Waals surface area contributed by atoms with Gasteiger partial charge in [-0.3, -0.25) is 0 Å². The molecule has 3 aliphatic carbocycles. The van der Waals surface area contributed by atoms with Crippen LogP contribution >= 0.6 is 0 Å². The predicted octanol–water partition coefficient (Wildman–Crippen LogP) is 2.90. The maximum atomic E-state index is 12.3. The Morgan fingerprint density at radius 1 is 0.941 bits per heavy atom. The van der Waals surface area contributed by atoms with Gasteiger partial charge in [0, 0.05) is 18.1 Å². The number of hydrogen-bond donors (Lipinski definition) is 1. The second-order valence-corrected chi connectivity index (χ2v) is 6.28. The monoisotopic (exact) mass is 236 g/mol. The molecule has 0 atom stereocenters. The lowest BCUT2D eigenvalue weighted by molar-refractivity contribution is 0.140. The maximum Gasteiger partial charge on any atom is 0.318 e. The lowest BCUT2D eigenvalue weighted by atomic mass is 9.86. The molecule has 3 saturated carbocycles. The molecule has 0 saturated heterocycles. The van der Waals surface area contributed by atoms with E-state index in [9.17, 15) is 4.79 Å². The quantitative estimate of drug-likeness (QED) is 0.803. The molecule has 17 heavy (non-hydrogen) atoms. The third kappa shape index (κ3) is 2.75. The molecule has 0 radical (unpaired) electrons. The number of nitrogens with zero attached hydrogens (tertiary/aromatic N) is 1. The van der Waals surface area contributed by atoms with E-state index in [4.69, 9.17) is 0 Å². The highest BCUT2D eigenvalue weighted by atomic mass is 16.2. The molecule has 2 amide bonds. The Morgan fingerprint density at radius 2 is 1.47 bits per heavy atom. The van der Waals surface area contributed by atoms with E-state index < -0.39 is 0 Å². The van der Waals surface area contributed by atoms with E-state index in [1.165, 1.54) is 51.4 Å². The minimum atomic E-state index is 0.231. The van der Waals surface area contributed by atoms with Crippen molar-refractivity contribution in [1.29, 1.82) is 0 Å². The van der Waals surface area contributed by atoms with Crippen LogP contribution in [-0.4, -0.2) is 29.1 Å². The summed E-state index contributed by atoms with van der Waals surface area (Å²) < 4.78 is 0. The van der Waals surface area contributed by atoms with Gasteiger partial charge in [-0.2, -0.15) is 0 Å². The van der Waals surface area contributed by atoms with Crippen molar-refractivity contribution in [3.63, 3.8) is 0 Å². The summed E-state index contributed by atoms with van der Waals surface area (Å²) >= 11 is 0. The van der Waals surface area contributed by atoms with E-state index in [1.54, 1.807) is 0 Å². The Balaban J connectivity index is 1.60. The van der Waals surface area contributed by atoms with Crippen LogP contribution in [0.1, 0.15) is 58.3 Å². The molecule has 96 valence electrons. The SMILES string of the molecule is CC1CCC(N(C(=O)NC2CC2)C2CC2)CC1. The molecule has 0 bridgehead atoms. The van der Waals surface area contributed by atoms with Gasteiger partial charge >= 0.3 is 6.03 Å². The number of hydrogen-bond acceptors (Lipinski definition) is 1. The Hall–Kier alpha value is -0.730. The van der Waals surface area contributed by atoms with Crippen LogP contribution in [0.2, 0.25) is 0 Å². The van der Waals surface area contributed by atoms with Crippen LogP contribution in [0.4, 0.5) is 4.79 Å². The van der Waals surface area contributed by atoms with E-state index in [0.717, 1.165) is 5.92 Å². The van der Waals surface area contributed by atoms with Crippen molar-refractivity contribution in [2.75, 3.05) is 0 Å². The van der Waals surface area contributed by atoms with E-state index in [-0.39, 0.29) is 6.03 Å². The number of urea groups is 1. The van der Waals surface area contributed by atoms with Crippen molar-refractivity contribution in [1.82, 2.24) is 10.2 Å². The normalized spacial score (nSPS) is 33.2. The van der Waals surface area contributed by atoms with Gasteiger partial charge in [0.1, 0.15) is 0 Å². The van der Waals surface area contributed by atoms with Crippen molar-refractivity contribution in [3.05, 3.63) is 0 Å². The molecule has 0 aromatic carbocycles. The average molecular weight is 236 g/mol. The number of carbonyl (C=O) groups excluding carboxylic acids is 1. The van der Waals surface area contributed by atoms with E-state index in [1.807, 2.05) is 0 Å². The third-order valence-electron chi connectivity index (χ3n) is 4.46. The first kappa shape index (κ1) is 11.4. The zero-order valence-electron chi connectivity index (χ0n) is 10.8. The molecule has 0 aromatic rings. The van der Waals surface area contributed by atoms with Gasteiger partial charge in [0.05, 0.1) is 0 Å². The summed E-state index contributed by atoms with van der Waals surface area (Å²) in [5.74, 6) is 0.860. The van der Waals surface area contributed by atoms with Crippen LogP contribution < -0.4 is 5.32 Å². The molecular weight excluding hydrogens is 212 g/mol. The van der Waals surface area contributed by atoms with Gasteiger partial charge in [0.15, 0.2) is 0 Å². The Labute approximate surface area is 104 Å². The van der Waals surface area contributed by atoms with E-state index in [0.29, 0.717) is 18.1 Å². The van der Waals surface area contributed by atoms with Crippen LogP contribution in [0.5, 0.6) is 0 Å². The fraction of sp³-hybridized carbons (Fsp3) is 0.929. The Kier molecular flexibility index (Phi) is 3.01. The molecule has 0 aromatic heterocycles. The van der Waals surface area contributed by atoms with E-state index in [2.05, 4.69) is 17.1 Å². The fourth-order valence-corrected chi connectivity index (χ4v) is 2.98. The molecule has 3 heteroatoms. The molecule has 3 aliphatic rings. The second kappa shape index (κ2) is 4.51. The van der Waals surface area contributed by atoms with Crippen molar-refractivity contribution >= 4 is 6.03 Å². The smallest absolute Gasteiger partial charge is 0.318 e. The summed E-state index contributed by atoms with van der Waals surface area (Å²) in [6.45, 7) is 2.34. The minimum Gasteiger partial charge on any atom is -0.335 e. The van der Waals surface area contributed by atoms with Gasteiger partial charge in [-0.1, -0.05) is 6.92 Å². The zero-order valence-corrected chi connectivity index (χ0v) is 10.8. The highest BCUT2D eigenvalue weighted by Gasteiger charge is 2.39. The first-order valence-corrected chi connectivity index (χ1v) is 7.33. The van der Waals surface area contributed by atoms with Gasteiger partial charge in [-0.05, 0) is 57.3 Å². The van der Waals surface area contributed by atoms with Crippen molar-refractivity contribution in [2.45, 2.75) is 76.4 Å². The number of nitrogens with one attached hydrogen (secondary N) is 1. The second-order valence-electron chi connectivity index (χ2n) is 6.28. The van der Waals surface area contributed by atoms with Crippen molar-refractivity contribution in [2.24, 2.45) is 5.92 Å². The largest absolute Gasteiger partial charge is 0.335 e. The van der Waals surface area contributed by atoms with Gasteiger partial charge in [-0.25, -0.2) is 4.79 Å². The summed E-state index contributed by atoms with van der Waals surface area (Å²) in [7, 11) is 0. The molecule has 0 unspecified atom stereocenters. The molecule has 3 rings (SSSR count). The Morgan fingerprint density at radius 3 is 1.94 bits per heavy atom. The van der Waals surface area contributed by atoms with Crippen LogP contribution in [0.15, 0.2) is 0 Å². The first-order valence-electron chi connectivity index (χ1n) is 7.33. The summed E-state index contributed by atoms with van der Waals surface area (Å²) in [6, 6.07) is 1.81. The first-order chi connectivity index (χ1) is 8.24. The van der Waals surface area contributed by atoms with Crippen molar-refractivity contribution in [3.8, 4) is 0 Å². The number of carbonyl (C=O) groups is 1. The molecule has 0 spiro atoms. The summed E-state index contributed by atoms with van der Waals surface area (Å²) in [5.41, 5.74) is 0. The molecule has 3 nitrogen and oxygen atoms in total. The minimum absolute atomic E-state index is 0.231. The average Bonchev–Trinajstić information content (AvgIpc) is 3.15. The van der Waals surface area contributed by atoms with Gasteiger partial charge < -0.3 is 10.2 Å². The highest BCUT2D eigenvalue weighted by molar-refractivity contribution is 5.76. The lowest BCUT2D eigenvalue weighted by Crippen LogP contribution is -2.49. The lowest BCUT2D eigenvalue weighted by Gasteiger charge is -2.36. The van der Waals surface area contributed by atoms with Gasteiger partial charge in [0.25, 0.3) is 0 Å². The topological polar surface area (TPSA) is 32.3 Å². The van der Waals surface area contributed by atoms with E-state index >= 15 is 0 Å². The van der Waals surface area contributed by atoms with Crippen LogP contribution in [0.25, 0.3) is 0 Å². The summed E-state index contributed by atoms with van der Waals surface area (Å²) in [6.07, 6.45) is 9.85. The molecule has 1 N–H and O–H groups in total. The maximum absolute atomic E-state index is 12.3. The standard InChI is InChI=1S/C14H24N2O/c1-10-2-6-12(7-3-10)16(13-8-9-13)14(17)15-11-4-5-11/h10-13H,2-9H2,1H3,(H,15,17). The highest BCUT2D eigenvalue weighted by Crippen LogP contribution is 2.35. The van der Waals surface area contributed by atoms with Crippen LogP contribution in [0.3, 0.4) is 0 Å². The molecular formula is C14H24N2O. The molecule has 0 aliphatic heterocycles. The van der Waals surface area contributed by atoms with Crippen molar-refractivity contribution < 1.29 is 4.79 Å². The van der Waals surface area contributed by atoms with Gasteiger partial charge in [-0.15, -0.1) is 0 Å². The fourth-order valence-electron chi connectivity index (χ4n) is 2.98. The zero-order chi connectivity index (χ0) is 11.8. The van der Waals surface area contributed by atoms with Crippen LogP contribution in [-0.2, 0) is 0 Å². The Bertz CT molecular complexity index is 289. The van der Waals surface area contributed by atoms with Crippen LogP contribution in [0, 0.1) is 5.92 Å². The summed E-state index contributed by atoms with van der Waals surface area (Å²) in [4.78, 5) is 14.5. The number of amides is 2. The molecule has 0 heterocycles. The summed E-state index contributed by atoms with van der Waals surface area (Å²) in [5, 5.41) is 3.17. The third-order valence-corrected chi connectivity index (χ3v) is 4.46.